The number of carbonyl (C=O) groups excluding carboxylic acids is 2. The van der Waals surface area contributed by atoms with Crippen LogP contribution in [0.15, 0.2) is 30.3 Å². The maximum absolute atomic E-state index is 12.4. The molecule has 0 aliphatic rings. The van der Waals surface area contributed by atoms with Crippen molar-refractivity contribution in [3.8, 4) is 0 Å². The van der Waals surface area contributed by atoms with Crippen LogP contribution in [0, 0.1) is 10.1 Å². The average Bonchev–Trinajstić information content (AvgIpc) is 3.25. The highest BCUT2D eigenvalue weighted by Crippen LogP contribution is 2.41. The number of nitrogens with one attached hydrogen (secondary N) is 1. The molecule has 2 aromatic carbocycles. The Hall–Kier alpha value is -2.50. The van der Waals surface area contributed by atoms with Gasteiger partial charge in [-0.2, -0.15) is 0 Å². The number of thiophene rings is 1. The van der Waals surface area contributed by atoms with Crippen molar-refractivity contribution in [3.63, 3.8) is 0 Å². The number of nitrogens with zero attached hydrogens (tertiary/aromatic N) is 2. The number of halogens is 3. The Bertz CT molecular complexity index is 1390. The van der Waals surface area contributed by atoms with E-state index in [1.165, 1.54) is 24.3 Å². The number of ether oxygens (including phenoxy) is 1. The van der Waals surface area contributed by atoms with Crippen LogP contribution >= 0.6 is 57.5 Å². The summed E-state index contributed by atoms with van der Waals surface area (Å²) < 4.78 is 6.20. The van der Waals surface area contributed by atoms with E-state index in [1.807, 2.05) is 0 Å². The minimum absolute atomic E-state index is 0.0791. The number of rotatable bonds is 5. The minimum Gasteiger partial charge on any atom is -0.451 e. The molecule has 158 valence electrons. The summed E-state index contributed by atoms with van der Waals surface area (Å²) in [5, 5.41) is 14.9. The van der Waals surface area contributed by atoms with E-state index in [-0.39, 0.29) is 20.7 Å². The Balaban J connectivity index is 1.44. The fraction of sp³-hybridized carbons (Fsp3) is 0.0556. The number of nitro benzene ring substituents is 1. The van der Waals surface area contributed by atoms with Crippen LogP contribution in [-0.4, -0.2) is 28.4 Å². The van der Waals surface area contributed by atoms with Crippen molar-refractivity contribution in [2.75, 3.05) is 11.9 Å². The van der Waals surface area contributed by atoms with Crippen LogP contribution in [0.4, 0.5) is 10.8 Å². The zero-order valence-electron chi connectivity index (χ0n) is 15.0. The van der Waals surface area contributed by atoms with Gasteiger partial charge in [0.1, 0.15) is 4.88 Å². The predicted octanol–water partition coefficient (Wildman–Crippen LogP) is 6.17. The number of fused-ring (bicyclic) bond motifs is 2. The van der Waals surface area contributed by atoms with Gasteiger partial charge in [-0.1, -0.05) is 46.1 Å². The number of esters is 1. The molecule has 0 spiro atoms. The van der Waals surface area contributed by atoms with Gasteiger partial charge in [0.05, 0.1) is 25.2 Å². The van der Waals surface area contributed by atoms with Crippen LogP contribution in [0.2, 0.25) is 15.1 Å². The predicted molar refractivity (Wildman–Crippen MR) is 122 cm³/mol. The molecule has 4 aromatic rings. The van der Waals surface area contributed by atoms with Crippen molar-refractivity contribution in [1.29, 1.82) is 0 Å². The fourth-order valence-electron chi connectivity index (χ4n) is 2.68. The average molecular weight is 517 g/mol. The molecule has 1 amide bonds. The van der Waals surface area contributed by atoms with E-state index in [9.17, 15) is 19.7 Å². The molecule has 2 heterocycles. The van der Waals surface area contributed by atoms with E-state index in [2.05, 4.69) is 10.3 Å². The first-order chi connectivity index (χ1) is 14.7. The number of aromatic nitrogens is 1. The van der Waals surface area contributed by atoms with Gasteiger partial charge >= 0.3 is 5.97 Å². The molecule has 2 aromatic heterocycles. The summed E-state index contributed by atoms with van der Waals surface area (Å²) in [5.74, 6) is -1.41. The SMILES string of the molecule is O=C(COC(=O)c1sc2cc(Cl)cc(Cl)c2c1Cl)Nc1nc2ccc([N+](=O)[O-])cc2s1. The number of thiazole rings is 1. The first-order valence-corrected chi connectivity index (χ1v) is 11.1. The Morgan fingerprint density at radius 3 is 2.65 bits per heavy atom. The molecule has 0 saturated carbocycles. The third-order valence-corrected chi connectivity index (χ3v) is 7.06. The summed E-state index contributed by atoms with van der Waals surface area (Å²) in [5.41, 5.74) is 0.417. The lowest BCUT2D eigenvalue weighted by atomic mass is 10.2. The van der Waals surface area contributed by atoms with Gasteiger partial charge < -0.3 is 4.74 Å². The molecular weight excluding hydrogens is 509 g/mol. The van der Waals surface area contributed by atoms with E-state index in [0.29, 0.717) is 30.3 Å². The lowest BCUT2D eigenvalue weighted by Gasteiger charge is -2.03. The van der Waals surface area contributed by atoms with Crippen LogP contribution in [0.5, 0.6) is 0 Å². The van der Waals surface area contributed by atoms with Crippen molar-refractivity contribution in [1.82, 2.24) is 4.98 Å². The van der Waals surface area contributed by atoms with Gasteiger partial charge in [-0.25, -0.2) is 9.78 Å². The largest absolute Gasteiger partial charge is 0.451 e. The third-order valence-electron chi connectivity index (χ3n) is 4.00. The van der Waals surface area contributed by atoms with Crippen molar-refractivity contribution in [2.45, 2.75) is 0 Å². The fourth-order valence-corrected chi connectivity index (χ4v) is 5.85. The Labute approximate surface area is 196 Å². The Morgan fingerprint density at radius 1 is 1.13 bits per heavy atom. The monoisotopic (exact) mass is 515 g/mol. The van der Waals surface area contributed by atoms with E-state index < -0.39 is 23.4 Å². The number of amides is 1. The highest BCUT2D eigenvalue weighted by Gasteiger charge is 2.22. The maximum atomic E-state index is 12.4. The van der Waals surface area contributed by atoms with Crippen molar-refractivity contribution < 1.29 is 19.2 Å². The Morgan fingerprint density at radius 2 is 1.90 bits per heavy atom. The molecule has 31 heavy (non-hydrogen) atoms. The van der Waals surface area contributed by atoms with Crippen molar-refractivity contribution >= 4 is 100 Å². The van der Waals surface area contributed by atoms with E-state index in [0.717, 1.165) is 22.7 Å². The zero-order valence-corrected chi connectivity index (χ0v) is 18.9. The standard InChI is InChI=1S/C18H8Cl3N3O5S2/c19-7-3-9(20)14-12(4-7)30-16(15(14)21)17(26)29-6-13(25)23-18-22-10-2-1-8(24(27)28)5-11(10)31-18/h1-5H,6H2,(H,22,23,25). The summed E-state index contributed by atoms with van der Waals surface area (Å²) >= 11 is 20.5. The van der Waals surface area contributed by atoms with Crippen molar-refractivity contribution in [2.24, 2.45) is 0 Å². The maximum Gasteiger partial charge on any atom is 0.350 e. The highest BCUT2D eigenvalue weighted by molar-refractivity contribution is 7.22. The van der Waals surface area contributed by atoms with Crippen LogP contribution < -0.4 is 5.32 Å². The van der Waals surface area contributed by atoms with Gasteiger partial charge in [-0.3, -0.25) is 20.2 Å². The minimum atomic E-state index is -0.784. The van der Waals surface area contributed by atoms with Gasteiger partial charge in [0.2, 0.25) is 0 Å². The number of non-ortho nitro benzene ring substituents is 1. The molecule has 8 nitrogen and oxygen atoms in total. The number of anilines is 1. The molecule has 0 fully saturated rings. The molecule has 0 aliphatic heterocycles. The number of hydrogen-bond donors (Lipinski definition) is 1. The number of carbonyl (C=O) groups is 2. The van der Waals surface area contributed by atoms with Crippen LogP contribution in [0.1, 0.15) is 9.67 Å². The molecule has 0 bridgehead atoms. The topological polar surface area (TPSA) is 111 Å². The number of nitro groups is 1. The zero-order chi connectivity index (χ0) is 22.3. The first kappa shape index (κ1) is 21.7. The summed E-state index contributed by atoms with van der Waals surface area (Å²) in [4.78, 5) is 39.2. The quantitative estimate of drug-likeness (QED) is 0.193. The number of hydrogen-bond acceptors (Lipinski definition) is 8. The molecule has 0 unspecified atom stereocenters. The van der Waals surface area contributed by atoms with Crippen LogP contribution in [0.3, 0.4) is 0 Å². The lowest BCUT2D eigenvalue weighted by molar-refractivity contribution is -0.384. The second-order valence-electron chi connectivity index (χ2n) is 6.06. The molecule has 4 rings (SSSR count). The van der Waals surface area contributed by atoms with Crippen molar-refractivity contribution in [3.05, 3.63) is 60.4 Å². The second kappa shape index (κ2) is 8.56. The molecule has 1 N–H and O–H groups in total. The van der Waals surface area contributed by atoms with E-state index in [1.54, 1.807) is 6.07 Å². The third kappa shape index (κ3) is 4.43. The smallest absolute Gasteiger partial charge is 0.350 e. The van der Waals surface area contributed by atoms with E-state index in [4.69, 9.17) is 39.5 Å². The van der Waals surface area contributed by atoms with Gasteiger partial charge in [0, 0.05) is 27.2 Å². The lowest BCUT2D eigenvalue weighted by Crippen LogP contribution is -2.20. The molecule has 0 atom stereocenters. The molecule has 0 saturated heterocycles. The van der Waals surface area contributed by atoms with E-state index >= 15 is 0 Å². The summed E-state index contributed by atoms with van der Waals surface area (Å²) in [6, 6.07) is 7.31. The van der Waals surface area contributed by atoms with Gasteiger partial charge in [0.15, 0.2) is 11.7 Å². The summed E-state index contributed by atoms with van der Waals surface area (Å²) in [6.07, 6.45) is 0. The number of benzene rings is 2. The molecule has 13 heteroatoms. The van der Waals surface area contributed by atoms with Crippen LogP contribution in [-0.2, 0) is 9.53 Å². The van der Waals surface area contributed by atoms with Gasteiger partial charge in [-0.15, -0.1) is 11.3 Å². The molecule has 0 aliphatic carbocycles. The first-order valence-electron chi connectivity index (χ1n) is 8.32. The Kier molecular flexibility index (Phi) is 6.00. The van der Waals surface area contributed by atoms with Crippen LogP contribution in [0.25, 0.3) is 20.3 Å². The van der Waals surface area contributed by atoms with Gasteiger partial charge in [-0.05, 0) is 18.2 Å². The normalized spacial score (nSPS) is 11.1. The molecular formula is C18H8Cl3N3O5S2. The molecule has 0 radical (unpaired) electrons. The highest BCUT2D eigenvalue weighted by atomic mass is 35.5. The summed E-state index contributed by atoms with van der Waals surface area (Å²) in [7, 11) is 0. The van der Waals surface area contributed by atoms with Gasteiger partial charge in [0.25, 0.3) is 11.6 Å². The summed E-state index contributed by atoms with van der Waals surface area (Å²) in [6.45, 7) is -0.575. The second-order valence-corrected chi connectivity index (χ2v) is 9.36.